The van der Waals surface area contributed by atoms with E-state index in [2.05, 4.69) is 5.32 Å². The van der Waals surface area contributed by atoms with E-state index >= 15 is 0 Å². The molecule has 2 rings (SSSR count). The molecule has 1 N–H and O–H groups in total. The van der Waals surface area contributed by atoms with Crippen molar-refractivity contribution in [3.8, 4) is 0 Å². The van der Waals surface area contributed by atoms with Crippen molar-refractivity contribution in [3.63, 3.8) is 0 Å². The average Bonchev–Trinajstić information content (AvgIpc) is 2.87. The number of nitro groups is 1. The van der Waals surface area contributed by atoms with Crippen molar-refractivity contribution in [1.82, 2.24) is 5.32 Å². The Morgan fingerprint density at radius 1 is 1.62 bits per heavy atom. The fourth-order valence-electron chi connectivity index (χ4n) is 1.19. The molecule has 0 saturated carbocycles. The van der Waals surface area contributed by atoms with E-state index in [1.807, 2.05) is 0 Å². The molecule has 1 fully saturated rings. The van der Waals surface area contributed by atoms with E-state index in [4.69, 9.17) is 11.6 Å². The molecule has 0 amide bonds. The summed E-state index contributed by atoms with van der Waals surface area (Å²) in [7, 11) is 0. The lowest BCUT2D eigenvalue weighted by atomic mass is 10.1. The number of nitrogens with zero attached hydrogens (tertiary/aromatic N) is 1. The Morgan fingerprint density at radius 3 is 2.85 bits per heavy atom. The van der Waals surface area contributed by atoms with Crippen LogP contribution >= 0.6 is 11.6 Å². The Morgan fingerprint density at radius 2 is 2.31 bits per heavy atom. The summed E-state index contributed by atoms with van der Waals surface area (Å²) in [4.78, 5) is 10.0. The monoisotopic (exact) mass is 198 g/mol. The van der Waals surface area contributed by atoms with Gasteiger partial charge in [-0.25, -0.2) is 0 Å². The third-order valence-electron chi connectivity index (χ3n) is 1.97. The van der Waals surface area contributed by atoms with Crippen molar-refractivity contribution in [2.75, 3.05) is 6.54 Å². The van der Waals surface area contributed by atoms with Gasteiger partial charge >= 0.3 is 0 Å². The van der Waals surface area contributed by atoms with Crippen LogP contribution in [-0.2, 0) is 0 Å². The number of hydrogen-bond acceptors (Lipinski definition) is 3. The predicted molar refractivity (Wildman–Crippen MR) is 48.9 cm³/mol. The third-order valence-corrected chi connectivity index (χ3v) is 2.32. The van der Waals surface area contributed by atoms with Gasteiger partial charge in [-0.1, -0.05) is 11.6 Å². The first-order valence-corrected chi connectivity index (χ1v) is 4.23. The van der Waals surface area contributed by atoms with Gasteiger partial charge in [0.25, 0.3) is 5.69 Å². The van der Waals surface area contributed by atoms with Crippen LogP contribution in [0.25, 0.3) is 0 Å². The molecule has 1 aliphatic heterocycles. The smallest absolute Gasteiger partial charge is 0.269 e. The van der Waals surface area contributed by atoms with Crippen LogP contribution in [0.2, 0.25) is 5.02 Å². The highest BCUT2D eigenvalue weighted by molar-refractivity contribution is 6.31. The van der Waals surface area contributed by atoms with E-state index in [0.717, 1.165) is 12.1 Å². The molecule has 1 aromatic rings. The zero-order chi connectivity index (χ0) is 9.42. The van der Waals surface area contributed by atoms with Crippen LogP contribution in [-0.4, -0.2) is 11.5 Å². The van der Waals surface area contributed by atoms with E-state index in [9.17, 15) is 10.1 Å². The molecule has 0 bridgehead atoms. The first-order chi connectivity index (χ1) is 6.18. The van der Waals surface area contributed by atoms with Gasteiger partial charge in [0.05, 0.1) is 4.92 Å². The van der Waals surface area contributed by atoms with Crippen molar-refractivity contribution in [2.45, 2.75) is 6.04 Å². The van der Waals surface area contributed by atoms with Crippen molar-refractivity contribution in [1.29, 1.82) is 0 Å². The number of halogens is 1. The number of rotatable bonds is 2. The quantitative estimate of drug-likeness (QED) is 0.448. The molecule has 68 valence electrons. The third kappa shape index (κ3) is 1.64. The zero-order valence-corrected chi connectivity index (χ0v) is 7.41. The molecule has 0 radical (unpaired) electrons. The average molecular weight is 199 g/mol. The molecular formula is C8H7ClN2O2. The molecule has 0 aliphatic carbocycles. The lowest BCUT2D eigenvalue weighted by molar-refractivity contribution is -0.384. The van der Waals surface area contributed by atoms with Gasteiger partial charge in [-0.3, -0.25) is 10.1 Å². The minimum atomic E-state index is -0.414. The summed E-state index contributed by atoms with van der Waals surface area (Å²) in [5.41, 5.74) is 0.906. The first kappa shape index (κ1) is 8.47. The van der Waals surface area contributed by atoms with Crippen LogP contribution in [0.1, 0.15) is 11.6 Å². The number of hydrogen-bond donors (Lipinski definition) is 1. The predicted octanol–water partition coefficient (Wildman–Crippen LogP) is 1.89. The molecule has 1 atom stereocenters. The molecule has 13 heavy (non-hydrogen) atoms. The maximum absolute atomic E-state index is 10.4. The first-order valence-electron chi connectivity index (χ1n) is 3.85. The fourth-order valence-corrected chi connectivity index (χ4v) is 1.44. The van der Waals surface area contributed by atoms with Crippen molar-refractivity contribution >= 4 is 17.3 Å². The molecular weight excluding hydrogens is 192 g/mol. The molecule has 1 aromatic carbocycles. The van der Waals surface area contributed by atoms with Crippen LogP contribution in [0.3, 0.4) is 0 Å². The summed E-state index contributed by atoms with van der Waals surface area (Å²) in [6.45, 7) is 0.848. The van der Waals surface area contributed by atoms with Gasteiger partial charge in [0, 0.05) is 29.7 Å². The Bertz CT molecular complexity index is 363. The number of benzene rings is 1. The lowest BCUT2D eigenvalue weighted by Gasteiger charge is -1.99. The molecule has 1 aliphatic rings. The second kappa shape index (κ2) is 2.97. The van der Waals surface area contributed by atoms with Crippen LogP contribution < -0.4 is 5.32 Å². The summed E-state index contributed by atoms with van der Waals surface area (Å²) in [6, 6.07) is 4.70. The van der Waals surface area contributed by atoms with Crippen LogP contribution in [0.15, 0.2) is 18.2 Å². The van der Waals surface area contributed by atoms with E-state index in [0.29, 0.717) is 5.02 Å². The van der Waals surface area contributed by atoms with Gasteiger partial charge in [-0.2, -0.15) is 0 Å². The van der Waals surface area contributed by atoms with Gasteiger partial charge in [0.15, 0.2) is 0 Å². The molecule has 0 spiro atoms. The summed E-state index contributed by atoms with van der Waals surface area (Å²) < 4.78 is 0. The Balaban J connectivity index is 2.41. The Labute approximate surface area is 79.7 Å². The van der Waals surface area contributed by atoms with E-state index in [1.54, 1.807) is 6.07 Å². The van der Waals surface area contributed by atoms with E-state index in [-0.39, 0.29) is 11.7 Å². The number of nitro benzene ring substituents is 1. The molecule has 0 aromatic heterocycles. The summed E-state index contributed by atoms with van der Waals surface area (Å²) >= 11 is 5.87. The molecule has 5 heteroatoms. The Hall–Kier alpha value is -1.13. The largest absolute Gasteiger partial charge is 0.307 e. The normalized spacial score (nSPS) is 19.9. The van der Waals surface area contributed by atoms with E-state index < -0.39 is 4.92 Å². The van der Waals surface area contributed by atoms with Crippen molar-refractivity contribution in [2.24, 2.45) is 0 Å². The zero-order valence-electron chi connectivity index (χ0n) is 6.66. The highest BCUT2D eigenvalue weighted by Crippen LogP contribution is 2.31. The SMILES string of the molecule is O=[N+]([O-])c1ccc(Cl)c([C@H]2CN2)c1. The fraction of sp³-hybridized carbons (Fsp3) is 0.250. The van der Waals surface area contributed by atoms with Gasteiger partial charge in [-0.15, -0.1) is 0 Å². The molecule has 1 saturated heterocycles. The topological polar surface area (TPSA) is 65.1 Å². The maximum atomic E-state index is 10.4. The summed E-state index contributed by atoms with van der Waals surface area (Å²) in [5.74, 6) is 0. The number of nitrogens with one attached hydrogen (secondary N) is 1. The Kier molecular flexibility index (Phi) is 1.94. The van der Waals surface area contributed by atoms with Gasteiger partial charge in [0.2, 0.25) is 0 Å². The van der Waals surface area contributed by atoms with Gasteiger partial charge in [0.1, 0.15) is 0 Å². The summed E-state index contributed by atoms with van der Waals surface area (Å²) in [5, 5.41) is 14.1. The highest BCUT2D eigenvalue weighted by atomic mass is 35.5. The maximum Gasteiger partial charge on any atom is 0.269 e. The molecule has 4 nitrogen and oxygen atoms in total. The van der Waals surface area contributed by atoms with Crippen LogP contribution in [0.5, 0.6) is 0 Å². The van der Waals surface area contributed by atoms with Crippen LogP contribution in [0.4, 0.5) is 5.69 Å². The van der Waals surface area contributed by atoms with E-state index in [1.165, 1.54) is 12.1 Å². The second-order valence-corrected chi connectivity index (χ2v) is 3.33. The highest BCUT2D eigenvalue weighted by Gasteiger charge is 2.26. The van der Waals surface area contributed by atoms with Gasteiger partial charge in [-0.05, 0) is 11.6 Å². The second-order valence-electron chi connectivity index (χ2n) is 2.92. The summed E-state index contributed by atoms with van der Waals surface area (Å²) in [6.07, 6.45) is 0. The lowest BCUT2D eigenvalue weighted by Crippen LogP contribution is -1.91. The number of non-ortho nitro benzene ring substituents is 1. The minimum Gasteiger partial charge on any atom is -0.307 e. The molecule has 0 unspecified atom stereocenters. The van der Waals surface area contributed by atoms with Gasteiger partial charge < -0.3 is 5.32 Å². The standard InChI is InChI=1S/C8H7ClN2O2/c9-7-2-1-5(11(12)13)3-6(7)8-4-10-8/h1-3,8,10H,4H2/t8-/m1/s1. The van der Waals surface area contributed by atoms with Crippen LogP contribution in [0, 0.1) is 10.1 Å². The minimum absolute atomic E-state index is 0.0908. The molecule has 1 heterocycles. The van der Waals surface area contributed by atoms with Crippen molar-refractivity contribution < 1.29 is 4.92 Å². The van der Waals surface area contributed by atoms with Crippen molar-refractivity contribution in [3.05, 3.63) is 38.9 Å².